The number of nitrogens with zero attached hydrogens (tertiary/aromatic N) is 1. The van der Waals surface area contributed by atoms with E-state index in [9.17, 15) is 4.79 Å². The molecule has 0 aromatic carbocycles. The number of nitrogens with two attached hydrogens (primary N) is 1. The van der Waals surface area contributed by atoms with Gasteiger partial charge >= 0.3 is 0 Å². The summed E-state index contributed by atoms with van der Waals surface area (Å²) in [5, 5.41) is 3.00. The number of hydrogen-bond donors (Lipinski definition) is 2. The molecule has 1 fully saturated rings. The lowest BCUT2D eigenvalue weighted by Gasteiger charge is -2.26. The van der Waals surface area contributed by atoms with Crippen molar-refractivity contribution in [3.63, 3.8) is 0 Å². The topological polar surface area (TPSA) is 68.0 Å². The number of carbonyl (C=O) groups excluding carboxylic acids is 1. The van der Waals surface area contributed by atoms with Crippen LogP contribution in [0, 0.1) is 11.8 Å². The van der Waals surface area contributed by atoms with Crippen molar-refractivity contribution in [3.8, 4) is 0 Å². The van der Waals surface area contributed by atoms with E-state index in [1.165, 1.54) is 25.7 Å². The van der Waals surface area contributed by atoms with E-state index in [-0.39, 0.29) is 5.91 Å². The molecule has 0 spiro atoms. The van der Waals surface area contributed by atoms with Gasteiger partial charge in [-0.3, -0.25) is 9.78 Å². The predicted octanol–water partition coefficient (Wildman–Crippen LogP) is 2.49. The molecule has 1 aliphatic rings. The van der Waals surface area contributed by atoms with Gasteiger partial charge < -0.3 is 11.1 Å². The lowest BCUT2D eigenvalue weighted by Crippen LogP contribution is -2.27. The summed E-state index contributed by atoms with van der Waals surface area (Å²) in [7, 11) is 0. The van der Waals surface area contributed by atoms with Crippen LogP contribution in [0.25, 0.3) is 0 Å². The average molecular weight is 275 g/mol. The Morgan fingerprint density at radius 2 is 2.15 bits per heavy atom. The summed E-state index contributed by atoms with van der Waals surface area (Å²) in [5.74, 6) is 1.64. The summed E-state index contributed by atoms with van der Waals surface area (Å²) in [5.41, 5.74) is 6.93. The molecular weight excluding hydrogens is 250 g/mol. The molecule has 1 heterocycles. The van der Waals surface area contributed by atoms with Crippen LogP contribution in [0.5, 0.6) is 0 Å². The Balaban J connectivity index is 1.74. The third-order valence-electron chi connectivity index (χ3n) is 4.26. The summed E-state index contributed by atoms with van der Waals surface area (Å²) < 4.78 is 0. The highest BCUT2D eigenvalue weighted by molar-refractivity contribution is 5.94. The maximum atomic E-state index is 12.0. The number of rotatable bonds is 5. The first kappa shape index (κ1) is 15.0. The van der Waals surface area contributed by atoms with Crippen molar-refractivity contribution in [1.82, 2.24) is 10.3 Å². The minimum Gasteiger partial charge on any atom is -0.352 e. The van der Waals surface area contributed by atoms with E-state index in [0.29, 0.717) is 12.1 Å². The molecule has 0 unspecified atom stereocenters. The predicted molar refractivity (Wildman–Crippen MR) is 80.2 cm³/mol. The van der Waals surface area contributed by atoms with Crippen molar-refractivity contribution in [2.45, 2.75) is 45.6 Å². The Kier molecular flexibility index (Phi) is 5.53. The molecule has 4 heteroatoms. The van der Waals surface area contributed by atoms with Crippen molar-refractivity contribution in [2.24, 2.45) is 17.6 Å². The lowest BCUT2D eigenvalue weighted by molar-refractivity contribution is 0.0949. The first-order valence-electron chi connectivity index (χ1n) is 7.62. The standard InChI is InChI=1S/C16H25N3O/c1-12-2-4-13(5-3-12)6-8-19-16(20)14-7-9-18-15(10-14)11-17/h7,9-10,12-13H,2-6,8,11,17H2,1H3,(H,19,20). The first-order chi connectivity index (χ1) is 9.69. The Hall–Kier alpha value is -1.42. The van der Waals surface area contributed by atoms with E-state index >= 15 is 0 Å². The number of aromatic nitrogens is 1. The van der Waals surface area contributed by atoms with Gasteiger partial charge in [0.25, 0.3) is 5.91 Å². The molecule has 1 aromatic heterocycles. The largest absolute Gasteiger partial charge is 0.352 e. The quantitative estimate of drug-likeness (QED) is 0.867. The van der Waals surface area contributed by atoms with Crippen molar-refractivity contribution in [2.75, 3.05) is 6.54 Å². The fraction of sp³-hybridized carbons (Fsp3) is 0.625. The first-order valence-corrected chi connectivity index (χ1v) is 7.62. The fourth-order valence-corrected chi connectivity index (χ4v) is 2.84. The van der Waals surface area contributed by atoms with Crippen LogP contribution >= 0.6 is 0 Å². The van der Waals surface area contributed by atoms with Gasteiger partial charge in [0.2, 0.25) is 0 Å². The highest BCUT2D eigenvalue weighted by Gasteiger charge is 2.18. The van der Waals surface area contributed by atoms with Gasteiger partial charge in [0.1, 0.15) is 0 Å². The van der Waals surface area contributed by atoms with Crippen LogP contribution in [0.15, 0.2) is 18.3 Å². The van der Waals surface area contributed by atoms with E-state index in [4.69, 9.17) is 5.73 Å². The second-order valence-corrected chi connectivity index (χ2v) is 5.91. The number of nitrogens with one attached hydrogen (secondary N) is 1. The Morgan fingerprint density at radius 1 is 1.40 bits per heavy atom. The van der Waals surface area contributed by atoms with Crippen molar-refractivity contribution < 1.29 is 4.79 Å². The van der Waals surface area contributed by atoms with Gasteiger partial charge in [0.05, 0.1) is 5.69 Å². The summed E-state index contributed by atoms with van der Waals surface area (Å²) in [6, 6.07) is 3.49. The molecular formula is C16H25N3O. The highest BCUT2D eigenvalue weighted by atomic mass is 16.1. The second kappa shape index (κ2) is 7.39. The summed E-state index contributed by atoms with van der Waals surface area (Å²) in [6.45, 7) is 3.45. The zero-order valence-corrected chi connectivity index (χ0v) is 12.3. The van der Waals surface area contributed by atoms with E-state index in [2.05, 4.69) is 17.2 Å². The molecule has 1 saturated carbocycles. The van der Waals surface area contributed by atoms with Crippen LogP contribution in [-0.2, 0) is 6.54 Å². The number of amides is 1. The van der Waals surface area contributed by atoms with E-state index < -0.39 is 0 Å². The molecule has 1 amide bonds. The molecule has 2 rings (SSSR count). The molecule has 1 aromatic rings. The van der Waals surface area contributed by atoms with Crippen LogP contribution < -0.4 is 11.1 Å². The molecule has 3 N–H and O–H groups in total. The third kappa shape index (κ3) is 4.30. The molecule has 0 atom stereocenters. The van der Waals surface area contributed by atoms with Gasteiger partial charge in [-0.05, 0) is 30.4 Å². The van der Waals surface area contributed by atoms with Gasteiger partial charge in [-0.1, -0.05) is 32.6 Å². The van der Waals surface area contributed by atoms with E-state index in [1.807, 2.05) is 0 Å². The zero-order chi connectivity index (χ0) is 14.4. The SMILES string of the molecule is CC1CCC(CCNC(=O)c2ccnc(CN)c2)CC1. The number of carbonyl (C=O) groups is 1. The Morgan fingerprint density at radius 3 is 2.85 bits per heavy atom. The van der Waals surface area contributed by atoms with Gasteiger partial charge in [-0.25, -0.2) is 0 Å². The molecule has 0 radical (unpaired) electrons. The Labute approximate surface area is 121 Å². The maximum absolute atomic E-state index is 12.0. The maximum Gasteiger partial charge on any atom is 0.251 e. The molecule has 20 heavy (non-hydrogen) atoms. The van der Waals surface area contributed by atoms with Crippen molar-refractivity contribution >= 4 is 5.91 Å². The number of pyridine rings is 1. The smallest absolute Gasteiger partial charge is 0.251 e. The Bertz CT molecular complexity index is 439. The molecule has 110 valence electrons. The van der Waals surface area contributed by atoms with Gasteiger partial charge in [-0.2, -0.15) is 0 Å². The van der Waals surface area contributed by atoms with Crippen molar-refractivity contribution in [1.29, 1.82) is 0 Å². The minimum absolute atomic E-state index is 0.0220. The lowest BCUT2D eigenvalue weighted by atomic mass is 9.81. The van der Waals surface area contributed by atoms with Crippen LogP contribution in [0.3, 0.4) is 0 Å². The molecule has 4 nitrogen and oxygen atoms in total. The summed E-state index contributed by atoms with van der Waals surface area (Å²) >= 11 is 0. The van der Waals surface area contributed by atoms with Crippen LogP contribution in [0.2, 0.25) is 0 Å². The second-order valence-electron chi connectivity index (χ2n) is 5.91. The average Bonchev–Trinajstić information content (AvgIpc) is 2.49. The van der Waals surface area contributed by atoms with Crippen LogP contribution in [0.4, 0.5) is 0 Å². The highest BCUT2D eigenvalue weighted by Crippen LogP contribution is 2.29. The third-order valence-corrected chi connectivity index (χ3v) is 4.26. The van der Waals surface area contributed by atoms with Gasteiger partial charge in [0.15, 0.2) is 0 Å². The van der Waals surface area contributed by atoms with Crippen LogP contribution in [-0.4, -0.2) is 17.4 Å². The van der Waals surface area contributed by atoms with E-state index in [1.54, 1.807) is 18.3 Å². The minimum atomic E-state index is -0.0220. The normalized spacial score (nSPS) is 22.5. The summed E-state index contributed by atoms with van der Waals surface area (Å²) in [6.07, 6.45) is 8.02. The molecule has 1 aliphatic carbocycles. The van der Waals surface area contributed by atoms with Gasteiger partial charge in [-0.15, -0.1) is 0 Å². The van der Waals surface area contributed by atoms with Crippen molar-refractivity contribution in [3.05, 3.63) is 29.6 Å². The van der Waals surface area contributed by atoms with Crippen LogP contribution in [0.1, 0.15) is 55.1 Å². The van der Waals surface area contributed by atoms with Gasteiger partial charge in [0, 0.05) is 24.8 Å². The zero-order valence-electron chi connectivity index (χ0n) is 12.3. The molecule has 0 saturated heterocycles. The fourth-order valence-electron chi connectivity index (χ4n) is 2.84. The van der Waals surface area contributed by atoms with E-state index in [0.717, 1.165) is 30.5 Å². The molecule has 0 aliphatic heterocycles. The monoisotopic (exact) mass is 275 g/mol. The molecule has 0 bridgehead atoms. The summed E-state index contributed by atoms with van der Waals surface area (Å²) in [4.78, 5) is 16.1. The number of hydrogen-bond acceptors (Lipinski definition) is 3.